The van der Waals surface area contributed by atoms with Crippen LogP contribution in [-0.4, -0.2) is 27.9 Å². The predicted molar refractivity (Wildman–Crippen MR) is 92.4 cm³/mol. The Kier molecular flexibility index (Phi) is 4.70. The summed E-state index contributed by atoms with van der Waals surface area (Å²) >= 11 is 0. The van der Waals surface area contributed by atoms with E-state index < -0.39 is 0 Å². The van der Waals surface area contributed by atoms with Gasteiger partial charge in [0.05, 0.1) is 18.5 Å². The van der Waals surface area contributed by atoms with Crippen molar-refractivity contribution in [2.45, 2.75) is 6.92 Å². The molecular formula is C19H16FN3O2. The van der Waals surface area contributed by atoms with Crippen molar-refractivity contribution in [2.75, 3.05) is 7.11 Å². The number of carbonyl (C=O) groups excluding carboxylic acids is 1. The number of benzene rings is 2. The summed E-state index contributed by atoms with van der Waals surface area (Å²) in [6, 6.07) is 13.2. The van der Waals surface area contributed by atoms with Gasteiger partial charge in [-0.25, -0.2) is 9.07 Å². The number of carbonyl (C=O) groups is 1. The Morgan fingerprint density at radius 3 is 2.60 bits per heavy atom. The van der Waals surface area contributed by atoms with Crippen LogP contribution in [0.3, 0.4) is 0 Å². The molecule has 0 fully saturated rings. The standard InChI is InChI=1S/C19H16FN3O2/c1-13-19(21-22-23(13)16-10-8-15(20)9-11-16)17(24)12-7-14-5-3-4-6-18(14)25-2/h3-12H,1-2H3/b12-7+. The lowest BCUT2D eigenvalue weighted by molar-refractivity contribution is 0.104. The molecule has 0 atom stereocenters. The average Bonchev–Trinajstić information content (AvgIpc) is 3.02. The minimum Gasteiger partial charge on any atom is -0.496 e. The second kappa shape index (κ2) is 7.09. The minimum absolute atomic E-state index is 0.246. The second-order valence-electron chi connectivity index (χ2n) is 5.35. The summed E-state index contributed by atoms with van der Waals surface area (Å²) in [6.07, 6.45) is 3.11. The predicted octanol–water partition coefficient (Wildman–Crippen LogP) is 3.62. The summed E-state index contributed by atoms with van der Waals surface area (Å²) in [7, 11) is 1.58. The Morgan fingerprint density at radius 2 is 1.88 bits per heavy atom. The Balaban J connectivity index is 1.86. The number of ether oxygens (including phenoxy) is 1. The zero-order valence-electron chi connectivity index (χ0n) is 13.8. The number of halogens is 1. The van der Waals surface area contributed by atoms with E-state index in [0.717, 1.165) is 5.56 Å². The zero-order valence-corrected chi connectivity index (χ0v) is 13.8. The molecule has 0 aliphatic heterocycles. The second-order valence-corrected chi connectivity index (χ2v) is 5.35. The van der Waals surface area contributed by atoms with Crippen LogP contribution in [0.25, 0.3) is 11.8 Å². The Labute approximate surface area is 144 Å². The molecule has 0 spiro atoms. The lowest BCUT2D eigenvalue weighted by Crippen LogP contribution is -2.02. The van der Waals surface area contributed by atoms with E-state index in [1.54, 1.807) is 32.2 Å². The smallest absolute Gasteiger partial charge is 0.208 e. The number of hydrogen-bond acceptors (Lipinski definition) is 4. The third kappa shape index (κ3) is 3.47. The van der Waals surface area contributed by atoms with Gasteiger partial charge in [-0.2, -0.15) is 0 Å². The quantitative estimate of drug-likeness (QED) is 0.527. The average molecular weight is 337 g/mol. The molecule has 0 unspecified atom stereocenters. The van der Waals surface area contributed by atoms with Gasteiger partial charge >= 0.3 is 0 Å². The number of ketones is 1. The molecule has 3 rings (SSSR count). The highest BCUT2D eigenvalue weighted by Crippen LogP contribution is 2.19. The fraction of sp³-hybridized carbons (Fsp3) is 0.105. The number of allylic oxidation sites excluding steroid dienone is 1. The molecule has 2 aromatic carbocycles. The molecule has 0 N–H and O–H groups in total. The molecule has 0 saturated heterocycles. The Hall–Kier alpha value is -3.28. The van der Waals surface area contributed by atoms with Crippen LogP contribution in [0.4, 0.5) is 4.39 Å². The number of methoxy groups -OCH3 is 1. The highest BCUT2D eigenvalue weighted by Gasteiger charge is 2.15. The van der Waals surface area contributed by atoms with E-state index in [0.29, 0.717) is 17.1 Å². The van der Waals surface area contributed by atoms with Crippen molar-refractivity contribution in [3.63, 3.8) is 0 Å². The van der Waals surface area contributed by atoms with Crippen LogP contribution >= 0.6 is 0 Å². The number of nitrogens with zero attached hydrogens (tertiary/aromatic N) is 3. The molecule has 25 heavy (non-hydrogen) atoms. The first kappa shape index (κ1) is 16.6. The third-order valence-corrected chi connectivity index (χ3v) is 3.75. The first-order chi connectivity index (χ1) is 12.1. The first-order valence-electron chi connectivity index (χ1n) is 7.64. The molecule has 0 saturated carbocycles. The number of aromatic nitrogens is 3. The Morgan fingerprint density at radius 1 is 1.16 bits per heavy atom. The lowest BCUT2D eigenvalue weighted by atomic mass is 10.1. The normalized spacial score (nSPS) is 11.0. The molecule has 0 aliphatic carbocycles. The topological polar surface area (TPSA) is 57.0 Å². The van der Waals surface area contributed by atoms with Gasteiger partial charge in [0.25, 0.3) is 0 Å². The fourth-order valence-electron chi connectivity index (χ4n) is 2.43. The zero-order chi connectivity index (χ0) is 17.8. The number of hydrogen-bond donors (Lipinski definition) is 0. The van der Waals surface area contributed by atoms with Crippen molar-refractivity contribution in [3.8, 4) is 11.4 Å². The highest BCUT2D eigenvalue weighted by atomic mass is 19.1. The Bertz CT molecular complexity index is 930. The molecule has 0 bridgehead atoms. The van der Waals surface area contributed by atoms with Crippen LogP contribution in [0.2, 0.25) is 0 Å². The highest BCUT2D eigenvalue weighted by molar-refractivity contribution is 6.06. The van der Waals surface area contributed by atoms with Crippen LogP contribution in [0.5, 0.6) is 5.75 Å². The van der Waals surface area contributed by atoms with Crippen LogP contribution in [0.1, 0.15) is 21.7 Å². The number of rotatable bonds is 5. The molecule has 1 aromatic heterocycles. The lowest BCUT2D eigenvalue weighted by Gasteiger charge is -2.03. The third-order valence-electron chi connectivity index (χ3n) is 3.75. The van der Waals surface area contributed by atoms with Crippen LogP contribution in [-0.2, 0) is 0 Å². The van der Waals surface area contributed by atoms with Gasteiger partial charge in [0.2, 0.25) is 5.78 Å². The molecule has 1 heterocycles. The summed E-state index contributed by atoms with van der Waals surface area (Å²) in [5.74, 6) is 0.0765. The van der Waals surface area contributed by atoms with Gasteiger partial charge in [-0.15, -0.1) is 5.10 Å². The first-order valence-corrected chi connectivity index (χ1v) is 7.64. The van der Waals surface area contributed by atoms with E-state index in [2.05, 4.69) is 10.3 Å². The van der Waals surface area contributed by atoms with E-state index >= 15 is 0 Å². The number of para-hydroxylation sites is 1. The molecule has 0 aliphatic rings. The van der Waals surface area contributed by atoms with Gasteiger partial charge in [-0.1, -0.05) is 23.4 Å². The van der Waals surface area contributed by atoms with E-state index in [4.69, 9.17) is 4.74 Å². The summed E-state index contributed by atoms with van der Waals surface area (Å²) in [4.78, 5) is 12.4. The van der Waals surface area contributed by atoms with Crippen molar-refractivity contribution < 1.29 is 13.9 Å². The van der Waals surface area contributed by atoms with Crippen molar-refractivity contribution in [1.82, 2.24) is 15.0 Å². The van der Waals surface area contributed by atoms with Crippen molar-refractivity contribution in [2.24, 2.45) is 0 Å². The monoisotopic (exact) mass is 337 g/mol. The van der Waals surface area contributed by atoms with Crippen LogP contribution in [0.15, 0.2) is 54.6 Å². The molecular weight excluding hydrogens is 321 g/mol. The van der Waals surface area contributed by atoms with Gasteiger partial charge in [-0.05, 0) is 49.4 Å². The van der Waals surface area contributed by atoms with Crippen molar-refractivity contribution in [3.05, 3.63) is 77.4 Å². The van der Waals surface area contributed by atoms with Crippen molar-refractivity contribution >= 4 is 11.9 Å². The molecule has 3 aromatic rings. The largest absolute Gasteiger partial charge is 0.496 e. The molecule has 0 amide bonds. The van der Waals surface area contributed by atoms with Gasteiger partial charge in [0.1, 0.15) is 11.6 Å². The SMILES string of the molecule is COc1ccccc1/C=C/C(=O)c1nnn(-c2ccc(F)cc2)c1C. The van der Waals surface area contributed by atoms with E-state index in [-0.39, 0.29) is 17.3 Å². The van der Waals surface area contributed by atoms with E-state index in [9.17, 15) is 9.18 Å². The molecule has 126 valence electrons. The summed E-state index contributed by atoms with van der Waals surface area (Å²) in [5.41, 5.74) is 2.26. The van der Waals surface area contributed by atoms with Crippen molar-refractivity contribution in [1.29, 1.82) is 0 Å². The van der Waals surface area contributed by atoms with Gasteiger partial charge in [0.15, 0.2) is 5.69 Å². The fourth-order valence-corrected chi connectivity index (χ4v) is 2.43. The molecule has 0 radical (unpaired) electrons. The summed E-state index contributed by atoms with van der Waals surface area (Å²) < 4.78 is 19.8. The van der Waals surface area contributed by atoms with Gasteiger partial charge in [-0.3, -0.25) is 4.79 Å². The molecule has 6 heteroatoms. The minimum atomic E-state index is -0.336. The summed E-state index contributed by atoms with van der Waals surface area (Å²) in [6.45, 7) is 1.74. The van der Waals surface area contributed by atoms with Crippen LogP contribution in [0, 0.1) is 12.7 Å². The maximum absolute atomic E-state index is 13.0. The van der Waals surface area contributed by atoms with E-state index in [1.807, 2.05) is 24.3 Å². The summed E-state index contributed by atoms with van der Waals surface area (Å²) in [5, 5.41) is 7.95. The van der Waals surface area contributed by atoms with E-state index in [1.165, 1.54) is 22.9 Å². The molecule has 5 nitrogen and oxygen atoms in total. The maximum atomic E-state index is 13.0. The van der Waals surface area contributed by atoms with Gasteiger partial charge in [0, 0.05) is 5.56 Å². The maximum Gasteiger partial charge on any atom is 0.208 e. The van der Waals surface area contributed by atoms with Crippen LogP contribution < -0.4 is 4.74 Å². The van der Waals surface area contributed by atoms with Gasteiger partial charge < -0.3 is 4.74 Å².